The molecule has 1 saturated heterocycles. The first-order chi connectivity index (χ1) is 6.38. The maximum atomic E-state index is 5.69. The monoisotopic (exact) mass is 180 g/mol. The van der Waals surface area contributed by atoms with Crippen molar-refractivity contribution < 1.29 is 9.47 Å². The molecule has 0 N–H and O–H groups in total. The second kappa shape index (κ2) is 2.82. The summed E-state index contributed by atoms with van der Waals surface area (Å²) in [5.41, 5.74) is 3.44. The summed E-state index contributed by atoms with van der Waals surface area (Å²) in [6, 6.07) is 0. The van der Waals surface area contributed by atoms with E-state index in [1.54, 1.807) is 11.1 Å². The van der Waals surface area contributed by atoms with Gasteiger partial charge in [0.1, 0.15) is 0 Å². The van der Waals surface area contributed by atoms with Gasteiger partial charge in [-0.15, -0.1) is 0 Å². The van der Waals surface area contributed by atoms with Crippen molar-refractivity contribution in [1.29, 1.82) is 0 Å². The van der Waals surface area contributed by atoms with E-state index < -0.39 is 0 Å². The standard InChI is InChI=1S/C11H16O2/c1-2-9(1)10-3-5-11(6-4-10)12-7-8-13-11/h1-8H2. The topological polar surface area (TPSA) is 18.5 Å². The fraction of sp³-hybridized carbons (Fsp3) is 0.818. The van der Waals surface area contributed by atoms with Gasteiger partial charge in [0, 0.05) is 12.8 Å². The molecule has 2 saturated carbocycles. The second-order valence-corrected chi connectivity index (χ2v) is 4.31. The lowest BCUT2D eigenvalue weighted by Crippen LogP contribution is -2.33. The Morgan fingerprint density at radius 2 is 1.31 bits per heavy atom. The van der Waals surface area contributed by atoms with E-state index in [2.05, 4.69) is 0 Å². The molecule has 0 bridgehead atoms. The van der Waals surface area contributed by atoms with Crippen LogP contribution < -0.4 is 0 Å². The number of rotatable bonds is 0. The fourth-order valence-corrected chi connectivity index (χ4v) is 2.49. The highest BCUT2D eigenvalue weighted by Gasteiger charge is 2.39. The van der Waals surface area contributed by atoms with Crippen LogP contribution in [0.1, 0.15) is 38.5 Å². The van der Waals surface area contributed by atoms with Crippen molar-refractivity contribution >= 4 is 0 Å². The molecule has 0 aromatic rings. The second-order valence-electron chi connectivity index (χ2n) is 4.31. The minimum atomic E-state index is -0.168. The van der Waals surface area contributed by atoms with E-state index in [1.807, 2.05) is 0 Å². The lowest BCUT2D eigenvalue weighted by Gasteiger charge is -2.32. The van der Waals surface area contributed by atoms with Crippen molar-refractivity contribution in [3.05, 3.63) is 11.1 Å². The first kappa shape index (κ1) is 8.01. The predicted molar refractivity (Wildman–Crippen MR) is 49.4 cm³/mol. The summed E-state index contributed by atoms with van der Waals surface area (Å²) in [7, 11) is 0. The molecule has 1 spiro atoms. The number of hydrogen-bond donors (Lipinski definition) is 0. The Labute approximate surface area is 78.9 Å². The molecule has 3 rings (SSSR count). The highest BCUT2D eigenvalue weighted by molar-refractivity contribution is 5.26. The summed E-state index contributed by atoms with van der Waals surface area (Å²) >= 11 is 0. The molecule has 1 aliphatic heterocycles. The Morgan fingerprint density at radius 3 is 1.85 bits per heavy atom. The van der Waals surface area contributed by atoms with Gasteiger partial charge in [-0.1, -0.05) is 11.1 Å². The maximum absolute atomic E-state index is 5.69. The van der Waals surface area contributed by atoms with Crippen LogP contribution in [0.25, 0.3) is 0 Å². The van der Waals surface area contributed by atoms with Crippen LogP contribution in [0.5, 0.6) is 0 Å². The zero-order chi connectivity index (χ0) is 8.73. The molecule has 0 unspecified atom stereocenters. The normalized spacial score (nSPS) is 31.4. The summed E-state index contributed by atoms with van der Waals surface area (Å²) in [6.07, 6.45) is 7.34. The third kappa shape index (κ3) is 1.42. The van der Waals surface area contributed by atoms with E-state index in [4.69, 9.17) is 9.47 Å². The third-order valence-corrected chi connectivity index (χ3v) is 3.43. The molecule has 13 heavy (non-hydrogen) atoms. The van der Waals surface area contributed by atoms with Crippen LogP contribution in [0.2, 0.25) is 0 Å². The third-order valence-electron chi connectivity index (χ3n) is 3.43. The van der Waals surface area contributed by atoms with Crippen LogP contribution in [0.3, 0.4) is 0 Å². The molecule has 3 aliphatic rings. The highest BCUT2D eigenvalue weighted by Crippen LogP contribution is 2.43. The van der Waals surface area contributed by atoms with Crippen molar-refractivity contribution in [2.24, 2.45) is 0 Å². The van der Waals surface area contributed by atoms with E-state index in [9.17, 15) is 0 Å². The van der Waals surface area contributed by atoms with Gasteiger partial charge in [-0.3, -0.25) is 0 Å². The van der Waals surface area contributed by atoms with Gasteiger partial charge < -0.3 is 9.47 Å². The molecule has 0 aromatic carbocycles. The number of hydrogen-bond acceptors (Lipinski definition) is 2. The lowest BCUT2D eigenvalue weighted by atomic mass is 9.89. The summed E-state index contributed by atoms with van der Waals surface area (Å²) in [6.45, 7) is 1.60. The Morgan fingerprint density at radius 1 is 0.769 bits per heavy atom. The van der Waals surface area contributed by atoms with Gasteiger partial charge in [-0.2, -0.15) is 0 Å². The van der Waals surface area contributed by atoms with E-state index in [1.165, 1.54) is 25.7 Å². The van der Waals surface area contributed by atoms with Crippen molar-refractivity contribution in [2.75, 3.05) is 13.2 Å². The summed E-state index contributed by atoms with van der Waals surface area (Å²) < 4.78 is 11.4. The summed E-state index contributed by atoms with van der Waals surface area (Å²) in [5, 5.41) is 0. The number of allylic oxidation sites excluding steroid dienone is 2. The SMILES string of the molecule is C1COC2(CCC(=C3CC3)CC2)O1. The molecule has 3 fully saturated rings. The quantitative estimate of drug-likeness (QED) is 0.533. The van der Waals surface area contributed by atoms with Crippen LogP contribution in [0.15, 0.2) is 11.1 Å². The molecule has 0 radical (unpaired) electrons. The Hall–Kier alpha value is -0.340. The van der Waals surface area contributed by atoms with Crippen molar-refractivity contribution in [1.82, 2.24) is 0 Å². The van der Waals surface area contributed by atoms with E-state index in [0.29, 0.717) is 0 Å². The average Bonchev–Trinajstić information content (AvgIpc) is 2.91. The minimum absolute atomic E-state index is 0.168. The molecule has 2 heteroatoms. The largest absolute Gasteiger partial charge is 0.348 e. The van der Waals surface area contributed by atoms with Crippen LogP contribution in [0.4, 0.5) is 0 Å². The van der Waals surface area contributed by atoms with Gasteiger partial charge in [-0.05, 0) is 25.7 Å². The van der Waals surface area contributed by atoms with Crippen LogP contribution >= 0.6 is 0 Å². The van der Waals surface area contributed by atoms with Crippen LogP contribution in [-0.4, -0.2) is 19.0 Å². The van der Waals surface area contributed by atoms with Gasteiger partial charge in [0.2, 0.25) is 0 Å². The predicted octanol–water partition coefficient (Wildman–Crippen LogP) is 2.39. The molecular formula is C11H16O2. The lowest BCUT2D eigenvalue weighted by molar-refractivity contribution is -0.171. The molecule has 0 aromatic heterocycles. The maximum Gasteiger partial charge on any atom is 0.169 e. The molecule has 2 aliphatic carbocycles. The Kier molecular flexibility index (Phi) is 1.74. The minimum Gasteiger partial charge on any atom is -0.348 e. The summed E-state index contributed by atoms with van der Waals surface area (Å²) in [5.74, 6) is -0.168. The van der Waals surface area contributed by atoms with E-state index >= 15 is 0 Å². The fourth-order valence-electron chi connectivity index (χ4n) is 2.49. The first-order valence-electron chi connectivity index (χ1n) is 5.36. The van der Waals surface area contributed by atoms with Gasteiger partial charge in [0.25, 0.3) is 0 Å². The van der Waals surface area contributed by atoms with Gasteiger partial charge in [-0.25, -0.2) is 0 Å². The highest BCUT2D eigenvalue weighted by atomic mass is 16.7. The van der Waals surface area contributed by atoms with Crippen molar-refractivity contribution in [2.45, 2.75) is 44.3 Å². The molecule has 72 valence electrons. The average molecular weight is 180 g/mol. The van der Waals surface area contributed by atoms with Crippen LogP contribution in [0, 0.1) is 0 Å². The van der Waals surface area contributed by atoms with Gasteiger partial charge in [0.15, 0.2) is 5.79 Å². The molecular weight excluding hydrogens is 164 g/mol. The zero-order valence-electron chi connectivity index (χ0n) is 7.97. The molecule has 0 amide bonds. The summed E-state index contributed by atoms with van der Waals surface area (Å²) in [4.78, 5) is 0. The van der Waals surface area contributed by atoms with E-state index in [-0.39, 0.29) is 5.79 Å². The van der Waals surface area contributed by atoms with E-state index in [0.717, 1.165) is 26.1 Å². The van der Waals surface area contributed by atoms with Crippen molar-refractivity contribution in [3.8, 4) is 0 Å². The van der Waals surface area contributed by atoms with Gasteiger partial charge in [0.05, 0.1) is 13.2 Å². The smallest absolute Gasteiger partial charge is 0.169 e. The Balaban J connectivity index is 1.69. The molecule has 2 nitrogen and oxygen atoms in total. The van der Waals surface area contributed by atoms with Gasteiger partial charge >= 0.3 is 0 Å². The molecule has 0 atom stereocenters. The first-order valence-corrected chi connectivity index (χ1v) is 5.36. The number of ether oxygens (including phenoxy) is 2. The molecule has 1 heterocycles. The van der Waals surface area contributed by atoms with Crippen molar-refractivity contribution in [3.63, 3.8) is 0 Å². The Bertz CT molecular complexity index is 231. The van der Waals surface area contributed by atoms with Crippen LogP contribution in [-0.2, 0) is 9.47 Å². The zero-order valence-corrected chi connectivity index (χ0v) is 7.97.